The van der Waals surface area contributed by atoms with Gasteiger partial charge in [0.15, 0.2) is 6.61 Å². The Morgan fingerprint density at radius 2 is 1.76 bits per heavy atom. The van der Waals surface area contributed by atoms with Gasteiger partial charge in [-0.2, -0.15) is 8.78 Å². The minimum absolute atomic E-state index is 0.0174. The van der Waals surface area contributed by atoms with Crippen molar-refractivity contribution >= 4 is 17.6 Å². The monoisotopic (exact) mass is 351 g/mol. The van der Waals surface area contributed by atoms with Crippen molar-refractivity contribution in [1.29, 1.82) is 0 Å². The SMILES string of the molecule is COC(=O)c1ccccc1OCC(=O)Nc1ccc(OC(F)F)cc1. The lowest BCUT2D eigenvalue weighted by Crippen LogP contribution is -2.21. The number of halogens is 2. The summed E-state index contributed by atoms with van der Waals surface area (Å²) < 4.78 is 38.3. The Labute approximate surface area is 142 Å². The number of amides is 1. The van der Waals surface area contributed by atoms with Crippen LogP contribution in [0.3, 0.4) is 0 Å². The van der Waals surface area contributed by atoms with Gasteiger partial charge in [0, 0.05) is 5.69 Å². The highest BCUT2D eigenvalue weighted by atomic mass is 19.3. The van der Waals surface area contributed by atoms with E-state index >= 15 is 0 Å². The van der Waals surface area contributed by atoms with Gasteiger partial charge in [0.2, 0.25) is 0 Å². The van der Waals surface area contributed by atoms with Crippen molar-refractivity contribution in [2.45, 2.75) is 6.61 Å². The molecule has 0 radical (unpaired) electrons. The quantitative estimate of drug-likeness (QED) is 0.776. The van der Waals surface area contributed by atoms with E-state index in [1.165, 1.54) is 43.5 Å². The molecule has 0 fully saturated rings. The number of carbonyl (C=O) groups is 2. The number of ether oxygens (including phenoxy) is 3. The van der Waals surface area contributed by atoms with E-state index in [1.807, 2.05) is 0 Å². The average Bonchev–Trinajstić information content (AvgIpc) is 2.61. The number of nitrogens with one attached hydrogen (secondary N) is 1. The van der Waals surface area contributed by atoms with Crippen LogP contribution in [0.2, 0.25) is 0 Å². The summed E-state index contributed by atoms with van der Waals surface area (Å²) in [5.74, 6) is -0.866. The first-order valence-electron chi connectivity index (χ1n) is 7.14. The molecule has 0 aliphatic heterocycles. The van der Waals surface area contributed by atoms with Crippen molar-refractivity contribution in [3.05, 3.63) is 54.1 Å². The van der Waals surface area contributed by atoms with E-state index < -0.39 is 18.5 Å². The van der Waals surface area contributed by atoms with Crippen LogP contribution in [0.5, 0.6) is 11.5 Å². The molecular weight excluding hydrogens is 336 g/mol. The van der Waals surface area contributed by atoms with Gasteiger partial charge in [-0.1, -0.05) is 12.1 Å². The molecule has 0 heterocycles. The third-order valence-corrected chi connectivity index (χ3v) is 3.01. The molecule has 8 heteroatoms. The zero-order valence-corrected chi connectivity index (χ0v) is 13.2. The molecule has 1 N–H and O–H groups in total. The van der Waals surface area contributed by atoms with Crippen LogP contribution in [0.4, 0.5) is 14.5 Å². The maximum absolute atomic E-state index is 12.1. The van der Waals surface area contributed by atoms with E-state index in [9.17, 15) is 18.4 Å². The molecule has 0 saturated heterocycles. The molecule has 0 aliphatic carbocycles. The second-order valence-electron chi connectivity index (χ2n) is 4.73. The van der Waals surface area contributed by atoms with Crippen molar-refractivity contribution in [2.75, 3.05) is 19.0 Å². The Morgan fingerprint density at radius 3 is 2.40 bits per heavy atom. The summed E-state index contributed by atoms with van der Waals surface area (Å²) in [4.78, 5) is 23.5. The van der Waals surface area contributed by atoms with Gasteiger partial charge in [0.25, 0.3) is 5.91 Å². The van der Waals surface area contributed by atoms with Crippen molar-refractivity contribution in [3.63, 3.8) is 0 Å². The lowest BCUT2D eigenvalue weighted by Gasteiger charge is -2.11. The maximum Gasteiger partial charge on any atom is 0.387 e. The molecule has 0 unspecified atom stereocenters. The lowest BCUT2D eigenvalue weighted by atomic mass is 10.2. The molecule has 0 saturated carbocycles. The first-order valence-corrected chi connectivity index (χ1v) is 7.14. The van der Waals surface area contributed by atoms with Crippen LogP contribution in [0, 0.1) is 0 Å². The number of alkyl halides is 2. The Hall–Kier alpha value is -3.16. The van der Waals surface area contributed by atoms with Gasteiger partial charge in [0.1, 0.15) is 17.1 Å². The highest BCUT2D eigenvalue weighted by Gasteiger charge is 2.13. The molecule has 0 spiro atoms. The second kappa shape index (κ2) is 8.62. The van der Waals surface area contributed by atoms with E-state index in [4.69, 9.17) is 4.74 Å². The van der Waals surface area contributed by atoms with Crippen LogP contribution in [-0.4, -0.2) is 32.2 Å². The van der Waals surface area contributed by atoms with E-state index in [1.54, 1.807) is 12.1 Å². The fraction of sp³-hybridized carbons (Fsp3) is 0.176. The summed E-state index contributed by atoms with van der Waals surface area (Å²) in [6.45, 7) is -3.26. The standard InChI is InChI=1S/C17H15F2NO5/c1-23-16(22)13-4-2-3-5-14(13)24-10-15(21)20-11-6-8-12(9-7-11)25-17(18)19/h2-9,17H,10H2,1H3,(H,20,21). The van der Waals surface area contributed by atoms with Crippen LogP contribution < -0.4 is 14.8 Å². The number of hydrogen-bond donors (Lipinski definition) is 1. The highest BCUT2D eigenvalue weighted by molar-refractivity contribution is 5.94. The third-order valence-electron chi connectivity index (χ3n) is 3.01. The second-order valence-corrected chi connectivity index (χ2v) is 4.73. The van der Waals surface area contributed by atoms with Crippen LogP contribution in [0.1, 0.15) is 10.4 Å². The van der Waals surface area contributed by atoms with Crippen LogP contribution >= 0.6 is 0 Å². The predicted molar refractivity (Wildman–Crippen MR) is 85.0 cm³/mol. The zero-order chi connectivity index (χ0) is 18.2. The summed E-state index contributed by atoms with van der Waals surface area (Å²) in [6, 6.07) is 11.8. The number of anilines is 1. The minimum atomic E-state index is -2.91. The van der Waals surface area contributed by atoms with Crippen molar-refractivity contribution < 1.29 is 32.6 Å². The van der Waals surface area contributed by atoms with Crippen LogP contribution in [-0.2, 0) is 9.53 Å². The van der Waals surface area contributed by atoms with E-state index in [2.05, 4.69) is 14.8 Å². The molecule has 2 aromatic rings. The molecule has 0 aliphatic rings. The van der Waals surface area contributed by atoms with E-state index in [0.717, 1.165) is 0 Å². The molecule has 132 valence electrons. The van der Waals surface area contributed by atoms with Gasteiger partial charge in [-0.05, 0) is 36.4 Å². The fourth-order valence-corrected chi connectivity index (χ4v) is 1.93. The molecular formula is C17H15F2NO5. The first-order chi connectivity index (χ1) is 12.0. The third kappa shape index (κ3) is 5.45. The minimum Gasteiger partial charge on any atom is -0.483 e. The lowest BCUT2D eigenvalue weighted by molar-refractivity contribution is -0.118. The largest absolute Gasteiger partial charge is 0.483 e. The van der Waals surface area contributed by atoms with Crippen molar-refractivity contribution in [1.82, 2.24) is 0 Å². The maximum atomic E-state index is 12.1. The van der Waals surface area contributed by atoms with Gasteiger partial charge < -0.3 is 19.5 Å². The normalized spacial score (nSPS) is 10.2. The van der Waals surface area contributed by atoms with E-state index in [0.29, 0.717) is 5.69 Å². The molecule has 0 aromatic heterocycles. The summed E-state index contributed by atoms with van der Waals surface area (Å²) in [7, 11) is 1.24. The molecule has 1 amide bonds. The van der Waals surface area contributed by atoms with Crippen LogP contribution in [0.15, 0.2) is 48.5 Å². The summed E-state index contributed by atoms with van der Waals surface area (Å²) >= 11 is 0. The topological polar surface area (TPSA) is 73.9 Å². The van der Waals surface area contributed by atoms with Crippen molar-refractivity contribution in [2.24, 2.45) is 0 Å². The predicted octanol–water partition coefficient (Wildman–Crippen LogP) is 3.09. The zero-order valence-electron chi connectivity index (χ0n) is 13.2. The molecule has 2 rings (SSSR count). The number of hydrogen-bond acceptors (Lipinski definition) is 5. The van der Waals surface area contributed by atoms with Gasteiger partial charge in [-0.15, -0.1) is 0 Å². The van der Waals surface area contributed by atoms with E-state index in [-0.39, 0.29) is 23.7 Å². The summed E-state index contributed by atoms with van der Waals surface area (Å²) in [5.41, 5.74) is 0.586. The van der Waals surface area contributed by atoms with Gasteiger partial charge in [-0.25, -0.2) is 4.79 Å². The number of rotatable bonds is 7. The number of methoxy groups -OCH3 is 1. The molecule has 2 aromatic carbocycles. The molecule has 6 nitrogen and oxygen atoms in total. The van der Waals surface area contributed by atoms with Gasteiger partial charge in [0.05, 0.1) is 7.11 Å². The first kappa shape index (κ1) is 18.2. The summed E-state index contributed by atoms with van der Waals surface area (Å²) in [6.07, 6.45) is 0. The molecule has 0 atom stereocenters. The number of benzene rings is 2. The Bertz CT molecular complexity index is 734. The number of esters is 1. The van der Waals surface area contributed by atoms with Crippen LogP contribution in [0.25, 0.3) is 0 Å². The highest BCUT2D eigenvalue weighted by Crippen LogP contribution is 2.20. The fourth-order valence-electron chi connectivity index (χ4n) is 1.93. The Kier molecular flexibility index (Phi) is 6.27. The molecule has 0 bridgehead atoms. The molecule has 25 heavy (non-hydrogen) atoms. The van der Waals surface area contributed by atoms with Gasteiger partial charge >= 0.3 is 12.6 Å². The summed E-state index contributed by atoms with van der Waals surface area (Å²) in [5, 5.41) is 2.53. The van der Waals surface area contributed by atoms with Gasteiger partial charge in [-0.3, -0.25) is 4.79 Å². The smallest absolute Gasteiger partial charge is 0.387 e. The Morgan fingerprint density at radius 1 is 1.08 bits per heavy atom. The number of para-hydroxylation sites is 1. The average molecular weight is 351 g/mol. The number of carbonyl (C=O) groups excluding carboxylic acids is 2. The Balaban J connectivity index is 1.92. The van der Waals surface area contributed by atoms with Crippen molar-refractivity contribution in [3.8, 4) is 11.5 Å².